The maximum absolute atomic E-state index is 11.0. The summed E-state index contributed by atoms with van der Waals surface area (Å²) in [6.07, 6.45) is 0.541. The minimum Gasteiger partial charge on any atom is -0.392 e. The van der Waals surface area contributed by atoms with Crippen LogP contribution in [0, 0.1) is 5.92 Å². The predicted octanol–water partition coefficient (Wildman–Crippen LogP) is -0.629. The molecule has 0 aromatic carbocycles. The maximum Gasteiger partial charge on any atom is 0.152 e. The van der Waals surface area contributed by atoms with Gasteiger partial charge in [-0.1, -0.05) is 0 Å². The van der Waals surface area contributed by atoms with Crippen molar-refractivity contribution < 1.29 is 18.3 Å². The van der Waals surface area contributed by atoms with E-state index in [1.165, 1.54) is 0 Å². The molecule has 1 fully saturated rings. The number of hydrogen-bond donors (Lipinski definition) is 1. The Morgan fingerprint density at radius 3 is 2.67 bits per heavy atom. The lowest BCUT2D eigenvalue weighted by Crippen LogP contribution is -2.36. The van der Waals surface area contributed by atoms with Gasteiger partial charge in [0.1, 0.15) is 6.29 Å². The van der Waals surface area contributed by atoms with Gasteiger partial charge in [0.25, 0.3) is 0 Å². The topological polar surface area (TPSA) is 71.4 Å². The Labute approximate surface area is 71.5 Å². The monoisotopic (exact) mass is 192 g/mol. The summed E-state index contributed by atoms with van der Waals surface area (Å²) in [7, 11) is -3.05. The van der Waals surface area contributed by atoms with E-state index in [1.54, 1.807) is 0 Å². The summed E-state index contributed by atoms with van der Waals surface area (Å²) in [5, 5.41) is 9.30. The van der Waals surface area contributed by atoms with Gasteiger partial charge in [-0.05, 0) is 12.3 Å². The first-order valence-corrected chi connectivity index (χ1v) is 5.69. The molecule has 0 bridgehead atoms. The SMILES string of the molecule is O=CCC1CCS(=O)(=O)CC1O. The molecule has 0 amide bonds. The molecule has 1 heterocycles. The van der Waals surface area contributed by atoms with Crippen LogP contribution in [0.1, 0.15) is 12.8 Å². The number of carbonyl (C=O) groups excluding carboxylic acids is 1. The number of sulfone groups is 1. The van der Waals surface area contributed by atoms with Gasteiger partial charge in [-0.3, -0.25) is 0 Å². The second kappa shape index (κ2) is 3.53. The van der Waals surface area contributed by atoms with Gasteiger partial charge in [-0.25, -0.2) is 8.42 Å². The highest BCUT2D eigenvalue weighted by Crippen LogP contribution is 2.21. The molecule has 1 aliphatic heterocycles. The highest BCUT2D eigenvalue weighted by Gasteiger charge is 2.31. The zero-order valence-electron chi connectivity index (χ0n) is 6.64. The minimum atomic E-state index is -3.05. The van der Waals surface area contributed by atoms with Crippen LogP contribution in [0.2, 0.25) is 0 Å². The number of aliphatic hydroxyl groups excluding tert-OH is 1. The third-order valence-electron chi connectivity index (χ3n) is 2.17. The smallest absolute Gasteiger partial charge is 0.152 e. The first-order valence-electron chi connectivity index (χ1n) is 3.87. The first kappa shape index (κ1) is 9.67. The molecule has 0 radical (unpaired) electrons. The normalized spacial score (nSPS) is 34.4. The van der Waals surface area contributed by atoms with Crippen molar-refractivity contribution in [3.8, 4) is 0 Å². The molecule has 0 aromatic rings. The highest BCUT2D eigenvalue weighted by atomic mass is 32.2. The van der Waals surface area contributed by atoms with Gasteiger partial charge < -0.3 is 9.90 Å². The summed E-state index contributed by atoms with van der Waals surface area (Å²) in [6, 6.07) is 0. The molecule has 12 heavy (non-hydrogen) atoms. The van der Waals surface area contributed by atoms with Gasteiger partial charge >= 0.3 is 0 Å². The second-order valence-corrected chi connectivity index (χ2v) is 5.36. The Bertz CT molecular complexity index is 257. The van der Waals surface area contributed by atoms with E-state index < -0.39 is 15.9 Å². The van der Waals surface area contributed by atoms with Crippen molar-refractivity contribution in [1.82, 2.24) is 0 Å². The molecule has 0 aromatic heterocycles. The molecule has 5 heteroatoms. The zero-order valence-corrected chi connectivity index (χ0v) is 7.46. The molecule has 4 nitrogen and oxygen atoms in total. The zero-order chi connectivity index (χ0) is 9.19. The van der Waals surface area contributed by atoms with E-state index >= 15 is 0 Å². The average Bonchev–Trinajstić information content (AvgIpc) is 1.94. The molecule has 1 saturated heterocycles. The molecule has 1 aliphatic rings. The lowest BCUT2D eigenvalue weighted by Gasteiger charge is -2.25. The van der Waals surface area contributed by atoms with E-state index in [2.05, 4.69) is 0 Å². The molecule has 1 N–H and O–H groups in total. The van der Waals surface area contributed by atoms with Crippen LogP contribution in [0.3, 0.4) is 0 Å². The van der Waals surface area contributed by atoms with Crippen LogP contribution in [-0.4, -0.2) is 37.4 Å². The van der Waals surface area contributed by atoms with E-state index in [-0.39, 0.29) is 23.8 Å². The lowest BCUT2D eigenvalue weighted by atomic mass is 9.97. The highest BCUT2D eigenvalue weighted by molar-refractivity contribution is 7.91. The van der Waals surface area contributed by atoms with Gasteiger partial charge in [0.15, 0.2) is 9.84 Å². The summed E-state index contributed by atoms with van der Waals surface area (Å²) in [4.78, 5) is 10.1. The quantitative estimate of drug-likeness (QED) is 0.591. The van der Waals surface area contributed by atoms with Gasteiger partial charge in [-0.15, -0.1) is 0 Å². The lowest BCUT2D eigenvalue weighted by molar-refractivity contribution is -0.109. The van der Waals surface area contributed by atoms with Crippen molar-refractivity contribution in [2.75, 3.05) is 11.5 Å². The van der Waals surface area contributed by atoms with E-state index in [0.717, 1.165) is 6.29 Å². The molecule has 0 spiro atoms. The molecule has 2 unspecified atom stereocenters. The van der Waals surface area contributed by atoms with Crippen molar-refractivity contribution in [2.24, 2.45) is 5.92 Å². The third kappa shape index (κ3) is 2.28. The third-order valence-corrected chi connectivity index (χ3v) is 3.87. The molecule has 0 saturated carbocycles. The van der Waals surface area contributed by atoms with E-state index in [9.17, 15) is 18.3 Å². The second-order valence-electron chi connectivity index (χ2n) is 3.13. The van der Waals surface area contributed by atoms with Crippen molar-refractivity contribution in [3.63, 3.8) is 0 Å². The molecular formula is C7H12O4S. The fourth-order valence-electron chi connectivity index (χ4n) is 1.40. The standard InChI is InChI=1S/C7H12O4S/c8-3-1-6-2-4-12(10,11)5-7(6)9/h3,6-7,9H,1-2,4-5H2. The van der Waals surface area contributed by atoms with Crippen LogP contribution in [0.15, 0.2) is 0 Å². The fourth-order valence-corrected chi connectivity index (χ4v) is 3.02. The van der Waals surface area contributed by atoms with Crippen molar-refractivity contribution in [3.05, 3.63) is 0 Å². The fraction of sp³-hybridized carbons (Fsp3) is 0.857. The van der Waals surface area contributed by atoms with Gasteiger partial charge in [0, 0.05) is 6.42 Å². The van der Waals surface area contributed by atoms with Gasteiger partial charge in [-0.2, -0.15) is 0 Å². The summed E-state index contributed by atoms with van der Waals surface area (Å²) in [6.45, 7) is 0. The van der Waals surface area contributed by atoms with Crippen molar-refractivity contribution >= 4 is 16.1 Å². The Morgan fingerprint density at radius 1 is 1.50 bits per heavy atom. The van der Waals surface area contributed by atoms with Crippen LogP contribution in [0.4, 0.5) is 0 Å². The number of hydrogen-bond acceptors (Lipinski definition) is 4. The number of carbonyl (C=O) groups is 1. The van der Waals surface area contributed by atoms with E-state index in [4.69, 9.17) is 0 Å². The average molecular weight is 192 g/mol. The number of rotatable bonds is 2. The summed E-state index contributed by atoms with van der Waals surface area (Å²) < 4.78 is 21.9. The van der Waals surface area contributed by atoms with Gasteiger partial charge in [0.05, 0.1) is 17.6 Å². The van der Waals surface area contributed by atoms with Gasteiger partial charge in [0.2, 0.25) is 0 Å². The van der Waals surface area contributed by atoms with Crippen molar-refractivity contribution in [2.45, 2.75) is 18.9 Å². The summed E-state index contributed by atoms with van der Waals surface area (Å²) in [5.74, 6) is -0.250. The van der Waals surface area contributed by atoms with Crippen LogP contribution in [-0.2, 0) is 14.6 Å². The van der Waals surface area contributed by atoms with E-state index in [1.807, 2.05) is 0 Å². The molecule has 0 aliphatic carbocycles. The summed E-state index contributed by atoms with van der Waals surface area (Å²) in [5.41, 5.74) is 0. The maximum atomic E-state index is 11.0. The summed E-state index contributed by atoms with van der Waals surface area (Å²) >= 11 is 0. The molecule has 70 valence electrons. The first-order chi connectivity index (χ1) is 5.55. The Hall–Kier alpha value is -0.420. The van der Waals surface area contributed by atoms with E-state index in [0.29, 0.717) is 6.42 Å². The molecular weight excluding hydrogens is 180 g/mol. The number of aliphatic hydroxyl groups is 1. The van der Waals surface area contributed by atoms with Crippen LogP contribution < -0.4 is 0 Å². The van der Waals surface area contributed by atoms with Crippen molar-refractivity contribution in [1.29, 1.82) is 0 Å². The Kier molecular flexibility index (Phi) is 2.85. The van der Waals surface area contributed by atoms with Crippen LogP contribution in [0.25, 0.3) is 0 Å². The molecule has 1 rings (SSSR count). The minimum absolute atomic E-state index is 0.0998. The predicted molar refractivity (Wildman–Crippen MR) is 43.4 cm³/mol. The van der Waals surface area contributed by atoms with Crippen LogP contribution in [0.5, 0.6) is 0 Å². The number of aldehydes is 1. The Morgan fingerprint density at radius 2 is 2.17 bits per heavy atom. The Balaban J connectivity index is 2.59. The van der Waals surface area contributed by atoms with Crippen LogP contribution >= 0.6 is 0 Å². The molecule has 2 atom stereocenters. The largest absolute Gasteiger partial charge is 0.392 e.